The molecule has 94 valence electrons. The second-order valence-corrected chi connectivity index (χ2v) is 5.10. The van der Waals surface area contributed by atoms with Crippen molar-refractivity contribution in [3.63, 3.8) is 0 Å². The molecule has 1 atom stereocenters. The summed E-state index contributed by atoms with van der Waals surface area (Å²) in [4.78, 5) is 0. The predicted molar refractivity (Wildman–Crippen MR) is 76.4 cm³/mol. The number of likely N-dealkylation sites (N-methyl/N-ethyl adjacent to an activating group) is 1. The molecule has 1 heteroatoms. The summed E-state index contributed by atoms with van der Waals surface area (Å²) in [5, 5.41) is 3.50. The van der Waals surface area contributed by atoms with Gasteiger partial charge in [-0.2, -0.15) is 0 Å². The Morgan fingerprint density at radius 3 is 2.06 bits per heavy atom. The van der Waals surface area contributed by atoms with Crippen molar-refractivity contribution in [2.75, 3.05) is 6.54 Å². The van der Waals surface area contributed by atoms with Gasteiger partial charge in [-0.15, -0.1) is 0 Å². The fourth-order valence-corrected chi connectivity index (χ4v) is 1.91. The largest absolute Gasteiger partial charge is 0.307 e. The molecule has 0 bridgehead atoms. The number of rotatable bonds is 5. The number of nitrogens with one attached hydrogen (secondary N) is 1. The average Bonchev–Trinajstić information content (AvgIpc) is 2.28. The smallest absolute Gasteiger partial charge is 0.0508 e. The minimum atomic E-state index is 0.339. The van der Waals surface area contributed by atoms with Gasteiger partial charge in [0.15, 0.2) is 0 Å². The topological polar surface area (TPSA) is 12.0 Å². The third-order valence-corrected chi connectivity index (χ3v) is 2.89. The molecule has 0 radical (unpaired) electrons. The van der Waals surface area contributed by atoms with Gasteiger partial charge in [-0.3, -0.25) is 0 Å². The van der Waals surface area contributed by atoms with Crippen LogP contribution in [0.2, 0.25) is 0 Å². The van der Waals surface area contributed by atoms with E-state index in [1.807, 2.05) is 0 Å². The fourth-order valence-electron chi connectivity index (χ4n) is 1.91. The van der Waals surface area contributed by atoms with Crippen LogP contribution in [0.25, 0.3) is 0 Å². The third-order valence-electron chi connectivity index (χ3n) is 2.89. The van der Waals surface area contributed by atoms with Crippen LogP contribution in [0, 0.1) is 0 Å². The van der Waals surface area contributed by atoms with E-state index in [-0.39, 0.29) is 0 Å². The van der Waals surface area contributed by atoms with Gasteiger partial charge in [0.25, 0.3) is 0 Å². The molecule has 0 saturated heterocycles. The molecule has 0 saturated carbocycles. The van der Waals surface area contributed by atoms with Gasteiger partial charge in [0.2, 0.25) is 0 Å². The fraction of sp³-hybridized carbons (Fsp3) is 0.500. The van der Waals surface area contributed by atoms with Crippen molar-refractivity contribution in [1.29, 1.82) is 0 Å². The third kappa shape index (κ3) is 4.35. The van der Waals surface area contributed by atoms with Crippen molar-refractivity contribution in [2.24, 2.45) is 0 Å². The SMILES string of the molecule is CCNC(C=C(C)C)c1ccc(C(C)C)cc1. The molecule has 0 aliphatic heterocycles. The molecule has 17 heavy (non-hydrogen) atoms. The van der Waals surface area contributed by atoms with Crippen LogP contribution in [0.15, 0.2) is 35.9 Å². The number of hydrogen-bond acceptors (Lipinski definition) is 1. The van der Waals surface area contributed by atoms with Crippen LogP contribution in [0.1, 0.15) is 57.7 Å². The molecular formula is C16H25N. The summed E-state index contributed by atoms with van der Waals surface area (Å²) in [6.45, 7) is 11.9. The number of hydrogen-bond donors (Lipinski definition) is 1. The highest BCUT2D eigenvalue weighted by Crippen LogP contribution is 2.20. The van der Waals surface area contributed by atoms with Crippen LogP contribution >= 0.6 is 0 Å². The van der Waals surface area contributed by atoms with E-state index in [0.29, 0.717) is 12.0 Å². The maximum Gasteiger partial charge on any atom is 0.0508 e. The van der Waals surface area contributed by atoms with E-state index in [2.05, 4.69) is 70.3 Å². The minimum Gasteiger partial charge on any atom is -0.307 e. The highest BCUT2D eigenvalue weighted by molar-refractivity contribution is 5.29. The molecule has 0 aliphatic rings. The Kier molecular flexibility index (Phi) is 5.43. The minimum absolute atomic E-state index is 0.339. The van der Waals surface area contributed by atoms with Gasteiger partial charge in [0, 0.05) is 0 Å². The van der Waals surface area contributed by atoms with Crippen LogP contribution in [-0.2, 0) is 0 Å². The lowest BCUT2D eigenvalue weighted by molar-refractivity contribution is 0.644. The first-order valence-corrected chi connectivity index (χ1v) is 6.52. The Bertz CT molecular complexity index is 356. The van der Waals surface area contributed by atoms with Crippen molar-refractivity contribution >= 4 is 0 Å². The molecule has 0 heterocycles. The lowest BCUT2D eigenvalue weighted by Gasteiger charge is -2.16. The summed E-state index contributed by atoms with van der Waals surface area (Å²) in [5.41, 5.74) is 4.10. The standard InChI is InChI=1S/C16H25N/c1-6-17-16(11-12(2)3)15-9-7-14(8-10-15)13(4)5/h7-11,13,16-17H,6H2,1-5H3. The van der Waals surface area contributed by atoms with E-state index in [1.165, 1.54) is 16.7 Å². The average molecular weight is 231 g/mol. The lowest BCUT2D eigenvalue weighted by atomic mass is 9.98. The van der Waals surface area contributed by atoms with Gasteiger partial charge in [0.1, 0.15) is 0 Å². The molecule has 0 amide bonds. The molecular weight excluding hydrogens is 206 g/mol. The molecule has 1 unspecified atom stereocenters. The highest BCUT2D eigenvalue weighted by Gasteiger charge is 2.07. The van der Waals surface area contributed by atoms with Gasteiger partial charge >= 0.3 is 0 Å². The van der Waals surface area contributed by atoms with Crippen molar-refractivity contribution in [2.45, 2.75) is 46.6 Å². The van der Waals surface area contributed by atoms with E-state index in [1.54, 1.807) is 0 Å². The van der Waals surface area contributed by atoms with E-state index in [0.717, 1.165) is 6.54 Å². The van der Waals surface area contributed by atoms with Crippen LogP contribution in [-0.4, -0.2) is 6.54 Å². The first kappa shape index (κ1) is 14.0. The zero-order valence-corrected chi connectivity index (χ0v) is 11.7. The van der Waals surface area contributed by atoms with Crippen molar-refractivity contribution in [3.8, 4) is 0 Å². The Balaban J connectivity index is 2.91. The number of allylic oxidation sites excluding steroid dienone is 1. The van der Waals surface area contributed by atoms with Gasteiger partial charge in [-0.1, -0.05) is 56.7 Å². The van der Waals surface area contributed by atoms with Crippen LogP contribution < -0.4 is 5.32 Å². The monoisotopic (exact) mass is 231 g/mol. The molecule has 0 spiro atoms. The van der Waals surface area contributed by atoms with Crippen molar-refractivity contribution < 1.29 is 0 Å². The summed E-state index contributed by atoms with van der Waals surface area (Å²) >= 11 is 0. The van der Waals surface area contributed by atoms with E-state index >= 15 is 0 Å². The molecule has 1 aromatic carbocycles. The maximum atomic E-state index is 3.50. The van der Waals surface area contributed by atoms with Gasteiger partial charge in [-0.25, -0.2) is 0 Å². The maximum absolute atomic E-state index is 3.50. The normalized spacial score (nSPS) is 12.6. The molecule has 0 fully saturated rings. The lowest BCUT2D eigenvalue weighted by Crippen LogP contribution is -2.19. The van der Waals surface area contributed by atoms with Crippen LogP contribution in [0.3, 0.4) is 0 Å². The Morgan fingerprint density at radius 2 is 1.65 bits per heavy atom. The number of benzene rings is 1. The Morgan fingerprint density at radius 1 is 1.12 bits per heavy atom. The summed E-state index contributed by atoms with van der Waals surface area (Å²) in [6, 6.07) is 9.29. The van der Waals surface area contributed by atoms with E-state index < -0.39 is 0 Å². The first-order valence-electron chi connectivity index (χ1n) is 6.52. The zero-order valence-electron chi connectivity index (χ0n) is 11.7. The molecule has 1 nitrogen and oxygen atoms in total. The van der Waals surface area contributed by atoms with Gasteiger partial charge in [-0.05, 0) is 37.4 Å². The molecule has 0 aromatic heterocycles. The van der Waals surface area contributed by atoms with E-state index in [4.69, 9.17) is 0 Å². The van der Waals surface area contributed by atoms with Crippen LogP contribution in [0.5, 0.6) is 0 Å². The second-order valence-electron chi connectivity index (χ2n) is 5.10. The van der Waals surface area contributed by atoms with Gasteiger partial charge in [0.05, 0.1) is 6.04 Å². The second kappa shape index (κ2) is 6.61. The molecule has 1 aromatic rings. The summed E-state index contributed by atoms with van der Waals surface area (Å²) < 4.78 is 0. The predicted octanol–water partition coefficient (Wildman–Crippen LogP) is 4.43. The molecule has 0 aliphatic carbocycles. The van der Waals surface area contributed by atoms with Crippen molar-refractivity contribution in [3.05, 3.63) is 47.0 Å². The Labute approximate surface area is 106 Å². The summed E-state index contributed by atoms with van der Waals surface area (Å²) in [7, 11) is 0. The van der Waals surface area contributed by atoms with Crippen molar-refractivity contribution in [1.82, 2.24) is 5.32 Å². The van der Waals surface area contributed by atoms with E-state index in [9.17, 15) is 0 Å². The summed E-state index contributed by atoms with van der Waals surface area (Å²) in [6.07, 6.45) is 2.29. The Hall–Kier alpha value is -1.08. The first-order chi connectivity index (χ1) is 8.04. The highest BCUT2D eigenvalue weighted by atomic mass is 14.9. The zero-order chi connectivity index (χ0) is 12.8. The molecule has 1 N–H and O–H groups in total. The molecule has 1 rings (SSSR count). The summed E-state index contributed by atoms with van der Waals surface area (Å²) in [5.74, 6) is 0.602. The quantitative estimate of drug-likeness (QED) is 0.739. The van der Waals surface area contributed by atoms with Crippen LogP contribution in [0.4, 0.5) is 0 Å². The van der Waals surface area contributed by atoms with Gasteiger partial charge < -0.3 is 5.32 Å².